The molecule has 116 valence electrons. The Balaban J connectivity index is 2.63. The van der Waals surface area contributed by atoms with Crippen molar-refractivity contribution in [2.75, 3.05) is 21.3 Å². The van der Waals surface area contributed by atoms with Crippen molar-refractivity contribution in [3.05, 3.63) is 52.0 Å². The lowest BCUT2D eigenvalue weighted by Gasteiger charge is -2.16. The lowest BCUT2D eigenvalue weighted by Crippen LogP contribution is -2.07. The fourth-order valence-electron chi connectivity index (χ4n) is 2.19. The van der Waals surface area contributed by atoms with Crippen LogP contribution >= 0.6 is 11.6 Å². The fraction of sp³-hybridized carbons (Fsp3) is 0.235. The average Bonchev–Trinajstić information content (AvgIpc) is 2.53. The third-order valence-electron chi connectivity index (χ3n) is 3.32. The molecule has 0 aliphatic rings. The summed E-state index contributed by atoms with van der Waals surface area (Å²) in [7, 11) is 4.43. The van der Waals surface area contributed by atoms with Crippen LogP contribution in [0.4, 0.5) is 0 Å². The van der Waals surface area contributed by atoms with E-state index in [9.17, 15) is 4.79 Å². The molecule has 4 nitrogen and oxygen atoms in total. The number of carbonyl (C=O) groups is 1. The molecular weight excluding hydrogens is 304 g/mol. The van der Waals surface area contributed by atoms with Gasteiger partial charge in [0.1, 0.15) is 0 Å². The Hall–Kier alpha value is -2.20. The number of aryl methyl sites for hydroxylation is 1. The minimum atomic E-state index is -0.234. The summed E-state index contributed by atoms with van der Waals surface area (Å²) < 4.78 is 15.9. The molecule has 2 aromatic carbocycles. The van der Waals surface area contributed by atoms with E-state index >= 15 is 0 Å². The van der Waals surface area contributed by atoms with E-state index in [0.717, 1.165) is 5.56 Å². The van der Waals surface area contributed by atoms with Gasteiger partial charge >= 0.3 is 0 Å². The Kier molecular flexibility index (Phi) is 4.93. The first-order valence-electron chi connectivity index (χ1n) is 6.63. The number of ketones is 1. The number of benzene rings is 2. The third-order valence-corrected chi connectivity index (χ3v) is 3.62. The lowest BCUT2D eigenvalue weighted by atomic mass is 10.0. The molecule has 0 aliphatic heterocycles. The summed E-state index contributed by atoms with van der Waals surface area (Å²) in [5, 5.41) is 0.250. The van der Waals surface area contributed by atoms with Crippen molar-refractivity contribution in [1.29, 1.82) is 0 Å². The van der Waals surface area contributed by atoms with Gasteiger partial charge in [-0.15, -0.1) is 0 Å². The van der Waals surface area contributed by atoms with E-state index in [-0.39, 0.29) is 22.1 Å². The van der Waals surface area contributed by atoms with E-state index in [4.69, 9.17) is 25.8 Å². The molecule has 0 unspecified atom stereocenters. The molecule has 0 spiro atoms. The molecule has 0 N–H and O–H groups in total. The quantitative estimate of drug-likeness (QED) is 0.784. The Morgan fingerprint density at radius 3 is 2.05 bits per heavy atom. The number of ether oxygens (including phenoxy) is 3. The van der Waals surface area contributed by atoms with Gasteiger partial charge in [0.2, 0.25) is 5.75 Å². The van der Waals surface area contributed by atoms with Gasteiger partial charge in [-0.2, -0.15) is 0 Å². The Bertz CT molecular complexity index is 693. The Morgan fingerprint density at radius 1 is 0.955 bits per heavy atom. The highest BCUT2D eigenvalue weighted by atomic mass is 35.5. The smallest absolute Gasteiger partial charge is 0.204 e. The zero-order chi connectivity index (χ0) is 16.3. The number of hydrogen-bond donors (Lipinski definition) is 0. The highest BCUT2D eigenvalue weighted by Gasteiger charge is 2.25. The second-order valence-corrected chi connectivity index (χ2v) is 5.10. The van der Waals surface area contributed by atoms with Crippen LogP contribution in [0.5, 0.6) is 17.2 Å². The molecule has 0 aromatic heterocycles. The maximum atomic E-state index is 12.8. The van der Waals surface area contributed by atoms with Gasteiger partial charge in [-0.1, -0.05) is 41.4 Å². The van der Waals surface area contributed by atoms with Gasteiger partial charge in [0.15, 0.2) is 17.3 Å². The summed E-state index contributed by atoms with van der Waals surface area (Å²) in [6, 6.07) is 8.79. The standard InChI is InChI=1S/C17H17ClO4/c1-10-5-7-11(8-6-10)15(19)14-12(18)9-13(20-2)16(21-3)17(14)22-4/h5-9H,1-4H3. The van der Waals surface area contributed by atoms with E-state index in [1.807, 2.05) is 19.1 Å². The van der Waals surface area contributed by atoms with Gasteiger partial charge in [-0.05, 0) is 6.92 Å². The van der Waals surface area contributed by atoms with Crippen molar-refractivity contribution in [2.45, 2.75) is 6.92 Å². The molecule has 2 rings (SSSR count). The van der Waals surface area contributed by atoms with Crippen molar-refractivity contribution in [3.8, 4) is 17.2 Å². The van der Waals surface area contributed by atoms with Crippen LogP contribution in [0.3, 0.4) is 0 Å². The minimum absolute atomic E-state index is 0.234. The van der Waals surface area contributed by atoms with Crippen LogP contribution in [0.1, 0.15) is 21.5 Å². The van der Waals surface area contributed by atoms with Crippen LogP contribution in [0, 0.1) is 6.92 Å². The van der Waals surface area contributed by atoms with Crippen LogP contribution in [-0.2, 0) is 0 Å². The second kappa shape index (κ2) is 6.71. The minimum Gasteiger partial charge on any atom is -0.493 e. The van der Waals surface area contributed by atoms with E-state index in [1.165, 1.54) is 21.3 Å². The van der Waals surface area contributed by atoms with Crippen molar-refractivity contribution in [3.63, 3.8) is 0 Å². The molecule has 0 heterocycles. The topological polar surface area (TPSA) is 44.8 Å². The molecule has 0 aliphatic carbocycles. The molecule has 5 heteroatoms. The number of halogens is 1. The molecule has 0 saturated carbocycles. The van der Waals surface area contributed by atoms with E-state index in [1.54, 1.807) is 18.2 Å². The lowest BCUT2D eigenvalue weighted by molar-refractivity contribution is 0.103. The average molecular weight is 321 g/mol. The highest BCUT2D eigenvalue weighted by molar-refractivity contribution is 6.35. The SMILES string of the molecule is COc1cc(Cl)c(C(=O)c2ccc(C)cc2)c(OC)c1OC. The Morgan fingerprint density at radius 2 is 1.55 bits per heavy atom. The van der Waals surface area contributed by atoms with Crippen LogP contribution in [0.25, 0.3) is 0 Å². The first kappa shape index (κ1) is 16.2. The summed E-state index contributed by atoms with van der Waals surface area (Å²) in [6.45, 7) is 1.96. The maximum absolute atomic E-state index is 12.8. The summed E-state index contributed by atoms with van der Waals surface area (Å²) in [5.74, 6) is 0.773. The summed E-state index contributed by atoms with van der Waals surface area (Å²) >= 11 is 6.26. The predicted octanol–water partition coefficient (Wildman–Crippen LogP) is 3.91. The van der Waals surface area contributed by atoms with E-state index < -0.39 is 0 Å². The van der Waals surface area contributed by atoms with Gasteiger partial charge < -0.3 is 14.2 Å². The summed E-state index contributed by atoms with van der Waals surface area (Å²) in [6.07, 6.45) is 0. The largest absolute Gasteiger partial charge is 0.493 e. The van der Waals surface area contributed by atoms with Crippen LogP contribution in [-0.4, -0.2) is 27.1 Å². The molecule has 0 fully saturated rings. The second-order valence-electron chi connectivity index (χ2n) is 4.70. The van der Waals surface area contributed by atoms with Gasteiger partial charge in [0.25, 0.3) is 0 Å². The fourth-order valence-corrected chi connectivity index (χ4v) is 2.46. The first-order valence-corrected chi connectivity index (χ1v) is 7.01. The Labute approximate surface area is 134 Å². The molecule has 22 heavy (non-hydrogen) atoms. The van der Waals surface area contributed by atoms with Crippen molar-refractivity contribution >= 4 is 17.4 Å². The zero-order valence-electron chi connectivity index (χ0n) is 12.9. The van der Waals surface area contributed by atoms with Crippen molar-refractivity contribution < 1.29 is 19.0 Å². The monoisotopic (exact) mass is 320 g/mol. The maximum Gasteiger partial charge on any atom is 0.204 e. The number of rotatable bonds is 5. The van der Waals surface area contributed by atoms with Gasteiger partial charge in [-0.25, -0.2) is 0 Å². The van der Waals surface area contributed by atoms with Crippen LogP contribution < -0.4 is 14.2 Å². The number of carbonyl (C=O) groups excluding carboxylic acids is 1. The molecule has 0 bridgehead atoms. The van der Waals surface area contributed by atoms with Gasteiger partial charge in [0.05, 0.1) is 31.9 Å². The summed E-state index contributed by atoms with van der Waals surface area (Å²) in [4.78, 5) is 12.8. The summed E-state index contributed by atoms with van der Waals surface area (Å²) in [5.41, 5.74) is 1.85. The molecule has 0 atom stereocenters. The first-order chi connectivity index (χ1) is 10.5. The zero-order valence-corrected chi connectivity index (χ0v) is 13.7. The van der Waals surface area contributed by atoms with Gasteiger partial charge in [-0.3, -0.25) is 4.79 Å². The predicted molar refractivity (Wildman–Crippen MR) is 85.7 cm³/mol. The third kappa shape index (κ3) is 2.88. The number of hydrogen-bond acceptors (Lipinski definition) is 4. The van der Waals surface area contributed by atoms with Gasteiger partial charge in [0, 0.05) is 11.6 Å². The van der Waals surface area contributed by atoms with Crippen molar-refractivity contribution in [1.82, 2.24) is 0 Å². The molecule has 0 saturated heterocycles. The number of methoxy groups -OCH3 is 3. The molecule has 0 radical (unpaired) electrons. The normalized spacial score (nSPS) is 10.2. The van der Waals surface area contributed by atoms with Crippen molar-refractivity contribution in [2.24, 2.45) is 0 Å². The highest BCUT2D eigenvalue weighted by Crippen LogP contribution is 2.44. The van der Waals surface area contributed by atoms with Crippen LogP contribution in [0.15, 0.2) is 30.3 Å². The van der Waals surface area contributed by atoms with Crippen LogP contribution in [0.2, 0.25) is 5.02 Å². The molecular formula is C17H17ClO4. The van der Waals surface area contributed by atoms with E-state index in [2.05, 4.69) is 0 Å². The van der Waals surface area contributed by atoms with E-state index in [0.29, 0.717) is 17.1 Å². The molecule has 2 aromatic rings. The molecule has 0 amide bonds.